The molecule has 0 bridgehead atoms. The molecule has 7 nitrogen and oxygen atoms in total. The van der Waals surface area contributed by atoms with Gasteiger partial charge in [0.05, 0.1) is 6.20 Å². The Balaban J connectivity index is 2.84. The molecule has 0 atom stereocenters. The maximum Gasteiger partial charge on any atom is 0.281 e. The second kappa shape index (κ2) is 2.87. The van der Waals surface area contributed by atoms with Crippen LogP contribution in [-0.2, 0) is 0 Å². The number of fused-ring (bicyclic) bond motifs is 1. The van der Waals surface area contributed by atoms with Crippen molar-refractivity contribution in [3.05, 3.63) is 28.6 Å². The summed E-state index contributed by atoms with van der Waals surface area (Å²) in [6.45, 7) is 0. The Morgan fingerprint density at radius 3 is 3.00 bits per heavy atom. The average molecular weight is 191 g/mol. The van der Waals surface area contributed by atoms with Crippen molar-refractivity contribution in [2.75, 3.05) is 0 Å². The topological polar surface area (TPSA) is 115 Å². The van der Waals surface area contributed by atoms with E-state index in [1.165, 1.54) is 12.5 Å². The van der Waals surface area contributed by atoms with Crippen LogP contribution in [0.15, 0.2) is 17.3 Å². The standard InChI is InChI=1S/C7H5N5O2/c8-5(13)4-7(14)12-6-3(11-4)1-9-2-10-6/h1-2H,(H2,8,13)(H,9,10,12,14). The van der Waals surface area contributed by atoms with Gasteiger partial charge in [0.15, 0.2) is 11.3 Å². The third kappa shape index (κ3) is 1.20. The molecule has 1 amide bonds. The van der Waals surface area contributed by atoms with Crippen molar-refractivity contribution in [1.29, 1.82) is 0 Å². The highest BCUT2D eigenvalue weighted by atomic mass is 16.2. The summed E-state index contributed by atoms with van der Waals surface area (Å²) >= 11 is 0. The van der Waals surface area contributed by atoms with Crippen molar-refractivity contribution in [1.82, 2.24) is 19.9 Å². The number of H-pyrrole nitrogens is 1. The van der Waals surface area contributed by atoms with Gasteiger partial charge in [-0.15, -0.1) is 0 Å². The molecule has 0 unspecified atom stereocenters. The Bertz CT molecular complexity index is 561. The highest BCUT2D eigenvalue weighted by Crippen LogP contribution is 1.99. The zero-order valence-electron chi connectivity index (χ0n) is 6.89. The zero-order chi connectivity index (χ0) is 10.1. The average Bonchev–Trinajstić information content (AvgIpc) is 2.16. The first-order chi connectivity index (χ1) is 6.68. The van der Waals surface area contributed by atoms with Crippen LogP contribution in [0.4, 0.5) is 0 Å². The number of rotatable bonds is 1. The minimum atomic E-state index is -0.878. The zero-order valence-corrected chi connectivity index (χ0v) is 6.89. The summed E-state index contributed by atoms with van der Waals surface area (Å²) in [7, 11) is 0. The highest BCUT2D eigenvalue weighted by Gasteiger charge is 2.09. The smallest absolute Gasteiger partial charge is 0.281 e. The molecule has 2 aromatic heterocycles. The monoisotopic (exact) mass is 191 g/mol. The van der Waals surface area contributed by atoms with E-state index in [4.69, 9.17) is 5.73 Å². The number of hydrogen-bond acceptors (Lipinski definition) is 5. The van der Waals surface area contributed by atoms with Crippen LogP contribution in [0.25, 0.3) is 11.2 Å². The van der Waals surface area contributed by atoms with Crippen molar-refractivity contribution < 1.29 is 4.79 Å². The number of hydrogen-bond donors (Lipinski definition) is 2. The lowest BCUT2D eigenvalue weighted by Gasteiger charge is -1.96. The van der Waals surface area contributed by atoms with Gasteiger partial charge in [0, 0.05) is 0 Å². The first-order valence-electron chi connectivity index (χ1n) is 3.68. The van der Waals surface area contributed by atoms with E-state index in [-0.39, 0.29) is 11.3 Å². The number of aromatic nitrogens is 4. The molecule has 0 aliphatic heterocycles. The minimum Gasteiger partial charge on any atom is -0.364 e. The van der Waals surface area contributed by atoms with E-state index < -0.39 is 11.5 Å². The summed E-state index contributed by atoms with van der Waals surface area (Å²) in [5, 5.41) is 0. The van der Waals surface area contributed by atoms with Crippen LogP contribution in [0.5, 0.6) is 0 Å². The number of nitrogens with zero attached hydrogens (tertiary/aromatic N) is 3. The van der Waals surface area contributed by atoms with Gasteiger partial charge in [0.25, 0.3) is 11.5 Å². The lowest BCUT2D eigenvalue weighted by atomic mass is 10.4. The first-order valence-corrected chi connectivity index (χ1v) is 3.68. The van der Waals surface area contributed by atoms with E-state index in [0.717, 1.165) is 0 Å². The third-order valence-electron chi connectivity index (χ3n) is 1.61. The van der Waals surface area contributed by atoms with Crippen molar-refractivity contribution in [3.8, 4) is 0 Å². The van der Waals surface area contributed by atoms with Gasteiger partial charge in [-0.25, -0.2) is 15.0 Å². The number of carbonyl (C=O) groups excluding carboxylic acids is 1. The van der Waals surface area contributed by atoms with Gasteiger partial charge in [0.2, 0.25) is 0 Å². The van der Waals surface area contributed by atoms with Crippen molar-refractivity contribution in [2.24, 2.45) is 5.73 Å². The quantitative estimate of drug-likeness (QED) is 0.588. The second-order valence-electron chi connectivity index (χ2n) is 2.54. The summed E-state index contributed by atoms with van der Waals surface area (Å²) < 4.78 is 0. The number of nitrogens with two attached hydrogens (primary N) is 1. The number of carbonyl (C=O) groups is 1. The summed E-state index contributed by atoms with van der Waals surface area (Å²) in [5.41, 5.74) is 4.55. The Kier molecular flexibility index (Phi) is 1.70. The maximum atomic E-state index is 11.2. The Morgan fingerprint density at radius 2 is 2.29 bits per heavy atom. The molecule has 0 saturated carbocycles. The molecule has 2 rings (SSSR count). The van der Waals surface area contributed by atoms with Gasteiger partial charge in [-0.1, -0.05) is 0 Å². The molecular formula is C7H5N5O2. The van der Waals surface area contributed by atoms with Gasteiger partial charge in [-0.2, -0.15) is 0 Å². The fraction of sp³-hybridized carbons (Fsp3) is 0. The predicted molar refractivity (Wildman–Crippen MR) is 46.5 cm³/mol. The molecule has 2 aromatic rings. The third-order valence-corrected chi connectivity index (χ3v) is 1.61. The van der Waals surface area contributed by atoms with Crippen molar-refractivity contribution in [3.63, 3.8) is 0 Å². The van der Waals surface area contributed by atoms with Gasteiger partial charge < -0.3 is 10.7 Å². The van der Waals surface area contributed by atoms with Crippen LogP contribution in [0.2, 0.25) is 0 Å². The molecular weight excluding hydrogens is 186 g/mol. The molecule has 0 fully saturated rings. The van der Waals surface area contributed by atoms with Crippen LogP contribution in [-0.4, -0.2) is 25.8 Å². The second-order valence-corrected chi connectivity index (χ2v) is 2.54. The highest BCUT2D eigenvalue weighted by molar-refractivity contribution is 5.91. The summed E-state index contributed by atoms with van der Waals surface area (Å²) in [5.74, 6) is -0.878. The number of primary amides is 1. The van der Waals surface area contributed by atoms with Crippen LogP contribution >= 0.6 is 0 Å². The Hall–Kier alpha value is -2.31. The Labute approximate surface area is 77.0 Å². The molecule has 0 saturated heterocycles. The molecule has 70 valence electrons. The van der Waals surface area contributed by atoms with Crippen molar-refractivity contribution in [2.45, 2.75) is 0 Å². The molecule has 3 N–H and O–H groups in total. The van der Waals surface area contributed by atoms with Gasteiger partial charge >= 0.3 is 0 Å². The van der Waals surface area contributed by atoms with Crippen LogP contribution in [0.1, 0.15) is 10.5 Å². The fourth-order valence-corrected chi connectivity index (χ4v) is 1.01. The predicted octanol–water partition coefficient (Wildman–Crippen LogP) is -1.19. The Morgan fingerprint density at radius 1 is 1.50 bits per heavy atom. The van der Waals surface area contributed by atoms with E-state index in [1.807, 2.05) is 0 Å². The van der Waals surface area contributed by atoms with Crippen molar-refractivity contribution >= 4 is 17.1 Å². The van der Waals surface area contributed by atoms with Gasteiger partial charge in [-0.05, 0) is 0 Å². The molecule has 0 aliphatic carbocycles. The van der Waals surface area contributed by atoms with E-state index >= 15 is 0 Å². The fourth-order valence-electron chi connectivity index (χ4n) is 1.01. The van der Waals surface area contributed by atoms with Gasteiger partial charge in [0.1, 0.15) is 11.8 Å². The van der Waals surface area contributed by atoms with E-state index in [1.54, 1.807) is 0 Å². The number of amides is 1. The molecule has 2 heterocycles. The largest absolute Gasteiger partial charge is 0.364 e. The van der Waals surface area contributed by atoms with E-state index in [0.29, 0.717) is 5.52 Å². The maximum absolute atomic E-state index is 11.2. The number of nitrogens with one attached hydrogen (secondary N) is 1. The summed E-state index contributed by atoms with van der Waals surface area (Å²) in [6.07, 6.45) is 2.65. The summed E-state index contributed by atoms with van der Waals surface area (Å²) in [4.78, 5) is 35.5. The van der Waals surface area contributed by atoms with Gasteiger partial charge in [-0.3, -0.25) is 9.59 Å². The number of aromatic amines is 1. The molecule has 0 aromatic carbocycles. The molecule has 0 aliphatic rings. The molecule has 14 heavy (non-hydrogen) atoms. The first kappa shape index (κ1) is 8.30. The van der Waals surface area contributed by atoms with E-state index in [2.05, 4.69) is 19.9 Å². The lowest BCUT2D eigenvalue weighted by molar-refractivity contribution is 0.0994. The van der Waals surface area contributed by atoms with Crippen LogP contribution in [0, 0.1) is 0 Å². The molecule has 0 radical (unpaired) electrons. The molecule has 0 spiro atoms. The van der Waals surface area contributed by atoms with E-state index in [9.17, 15) is 9.59 Å². The minimum absolute atomic E-state index is 0.273. The SMILES string of the molecule is NC(=O)c1nc2cncnc2[nH]c1=O. The lowest BCUT2D eigenvalue weighted by Crippen LogP contribution is -2.25. The molecule has 7 heteroatoms. The van der Waals surface area contributed by atoms with Crippen LogP contribution < -0.4 is 11.3 Å². The van der Waals surface area contributed by atoms with Crippen LogP contribution in [0.3, 0.4) is 0 Å². The normalized spacial score (nSPS) is 10.3. The summed E-state index contributed by atoms with van der Waals surface area (Å²) in [6, 6.07) is 0.